The molecular weight excluding hydrogens is 450 g/mol. The van der Waals surface area contributed by atoms with Crippen molar-refractivity contribution in [3.63, 3.8) is 0 Å². The van der Waals surface area contributed by atoms with Gasteiger partial charge in [-0.15, -0.1) is 12.4 Å². The summed E-state index contributed by atoms with van der Waals surface area (Å²) in [6.45, 7) is 6.50. The van der Waals surface area contributed by atoms with Crippen molar-refractivity contribution in [2.45, 2.75) is 6.92 Å². The molecule has 0 radical (unpaired) electrons. The van der Waals surface area contributed by atoms with Crippen molar-refractivity contribution in [2.75, 3.05) is 58.0 Å². The summed E-state index contributed by atoms with van der Waals surface area (Å²) in [5.41, 5.74) is 1.97. The van der Waals surface area contributed by atoms with Crippen molar-refractivity contribution in [3.8, 4) is 11.5 Å². The highest BCUT2D eigenvalue weighted by Gasteiger charge is 2.22. The molecule has 1 amide bonds. The number of amides is 1. The van der Waals surface area contributed by atoms with Crippen LogP contribution in [0.4, 0.5) is 5.13 Å². The highest BCUT2D eigenvalue weighted by atomic mass is 35.5. The SMILES string of the molecule is COc1ccc2sc(N(CCN3CCOCC3)C(=O)COc3ccc(C)cc3)nc2c1.Cl. The zero-order valence-electron chi connectivity index (χ0n) is 18.3. The lowest BCUT2D eigenvalue weighted by Gasteiger charge is -2.29. The number of anilines is 1. The minimum absolute atomic E-state index is 0. The molecule has 9 heteroatoms. The lowest BCUT2D eigenvalue weighted by atomic mass is 10.2. The van der Waals surface area contributed by atoms with Crippen LogP contribution >= 0.6 is 23.7 Å². The second-order valence-electron chi connectivity index (χ2n) is 7.43. The van der Waals surface area contributed by atoms with Gasteiger partial charge in [0.1, 0.15) is 11.5 Å². The molecule has 2 aromatic carbocycles. The number of morpholine rings is 1. The summed E-state index contributed by atoms with van der Waals surface area (Å²) >= 11 is 1.50. The van der Waals surface area contributed by atoms with Crippen LogP contribution in [0, 0.1) is 6.92 Å². The molecule has 3 aromatic rings. The molecule has 0 bridgehead atoms. The number of halogens is 1. The number of nitrogens with zero attached hydrogens (tertiary/aromatic N) is 3. The van der Waals surface area contributed by atoms with Crippen LogP contribution in [-0.4, -0.2) is 68.9 Å². The van der Waals surface area contributed by atoms with E-state index in [1.54, 1.807) is 12.0 Å². The molecule has 172 valence electrons. The van der Waals surface area contributed by atoms with Gasteiger partial charge in [-0.3, -0.25) is 14.6 Å². The summed E-state index contributed by atoms with van der Waals surface area (Å²) in [4.78, 5) is 21.9. The molecule has 0 atom stereocenters. The summed E-state index contributed by atoms with van der Waals surface area (Å²) in [6.07, 6.45) is 0. The van der Waals surface area contributed by atoms with Gasteiger partial charge in [0, 0.05) is 32.2 Å². The Bertz CT molecular complexity index is 1020. The molecule has 0 N–H and O–H groups in total. The number of carbonyl (C=O) groups is 1. The standard InChI is InChI=1S/C23H27N3O4S.ClH/c1-17-3-5-18(6-4-17)30-16-22(27)26(10-9-25-11-13-29-14-12-25)23-24-20-15-19(28-2)7-8-21(20)31-23;/h3-8,15H,9-14,16H2,1-2H3;1H. The number of carbonyl (C=O) groups excluding carboxylic acids is 1. The van der Waals surface area contributed by atoms with E-state index in [4.69, 9.17) is 19.2 Å². The molecule has 2 heterocycles. The first-order chi connectivity index (χ1) is 15.1. The summed E-state index contributed by atoms with van der Waals surface area (Å²) in [6, 6.07) is 13.5. The van der Waals surface area contributed by atoms with Crippen LogP contribution in [0.15, 0.2) is 42.5 Å². The number of thiazole rings is 1. The third-order valence-corrected chi connectivity index (χ3v) is 6.30. The Labute approximate surface area is 198 Å². The van der Waals surface area contributed by atoms with E-state index < -0.39 is 0 Å². The number of benzene rings is 2. The predicted molar refractivity (Wildman–Crippen MR) is 130 cm³/mol. The van der Waals surface area contributed by atoms with Crippen LogP contribution < -0.4 is 14.4 Å². The van der Waals surface area contributed by atoms with Crippen molar-refractivity contribution in [1.29, 1.82) is 0 Å². The lowest BCUT2D eigenvalue weighted by Crippen LogP contribution is -2.44. The van der Waals surface area contributed by atoms with E-state index in [-0.39, 0.29) is 24.9 Å². The molecule has 1 fully saturated rings. The number of hydrogen-bond acceptors (Lipinski definition) is 7. The zero-order valence-corrected chi connectivity index (χ0v) is 19.9. The van der Waals surface area contributed by atoms with E-state index in [1.807, 2.05) is 49.4 Å². The van der Waals surface area contributed by atoms with Crippen LogP contribution in [0.5, 0.6) is 11.5 Å². The van der Waals surface area contributed by atoms with Crippen molar-refractivity contribution in [3.05, 3.63) is 48.0 Å². The largest absolute Gasteiger partial charge is 0.497 e. The minimum atomic E-state index is -0.111. The third-order valence-electron chi connectivity index (χ3n) is 5.24. The molecule has 32 heavy (non-hydrogen) atoms. The fourth-order valence-corrected chi connectivity index (χ4v) is 4.38. The van der Waals surface area contributed by atoms with Gasteiger partial charge in [0.15, 0.2) is 11.7 Å². The fraction of sp³-hybridized carbons (Fsp3) is 0.391. The van der Waals surface area contributed by atoms with Gasteiger partial charge < -0.3 is 14.2 Å². The van der Waals surface area contributed by atoms with Crippen LogP contribution in [-0.2, 0) is 9.53 Å². The molecule has 1 saturated heterocycles. The van der Waals surface area contributed by atoms with Crippen molar-refractivity contribution >= 4 is 45.0 Å². The van der Waals surface area contributed by atoms with E-state index in [0.717, 1.165) is 54.4 Å². The highest BCUT2D eigenvalue weighted by Crippen LogP contribution is 2.31. The quantitative estimate of drug-likeness (QED) is 0.492. The van der Waals surface area contributed by atoms with Gasteiger partial charge in [0.25, 0.3) is 5.91 Å². The Balaban J connectivity index is 0.00000289. The molecule has 1 aliphatic rings. The Morgan fingerprint density at radius 2 is 1.88 bits per heavy atom. The Kier molecular flexibility index (Phi) is 8.69. The van der Waals surface area contributed by atoms with Gasteiger partial charge in [-0.2, -0.15) is 0 Å². The molecule has 4 rings (SSSR count). The highest BCUT2D eigenvalue weighted by molar-refractivity contribution is 7.22. The molecule has 1 aromatic heterocycles. The average molecular weight is 478 g/mol. The monoisotopic (exact) mass is 477 g/mol. The summed E-state index contributed by atoms with van der Waals surface area (Å²) in [5, 5.41) is 0.675. The van der Waals surface area contributed by atoms with E-state index in [9.17, 15) is 4.79 Å². The maximum atomic E-state index is 13.2. The summed E-state index contributed by atoms with van der Waals surface area (Å²) in [5.74, 6) is 1.32. The number of fused-ring (bicyclic) bond motifs is 1. The van der Waals surface area contributed by atoms with Crippen molar-refractivity contribution in [1.82, 2.24) is 9.88 Å². The molecule has 7 nitrogen and oxygen atoms in total. The maximum absolute atomic E-state index is 13.2. The number of ether oxygens (including phenoxy) is 3. The van der Waals surface area contributed by atoms with Gasteiger partial charge in [-0.05, 0) is 31.2 Å². The van der Waals surface area contributed by atoms with Crippen LogP contribution in [0.2, 0.25) is 0 Å². The number of hydrogen-bond donors (Lipinski definition) is 0. The molecule has 1 aliphatic heterocycles. The van der Waals surface area contributed by atoms with Crippen LogP contribution in [0.25, 0.3) is 10.2 Å². The third kappa shape index (κ3) is 6.10. The van der Waals surface area contributed by atoms with Gasteiger partial charge in [0.05, 0.1) is 30.5 Å². The van der Waals surface area contributed by atoms with Crippen molar-refractivity contribution < 1.29 is 19.0 Å². The number of aryl methyl sites for hydroxylation is 1. The topological polar surface area (TPSA) is 64.1 Å². The van der Waals surface area contributed by atoms with E-state index in [0.29, 0.717) is 17.4 Å². The first-order valence-electron chi connectivity index (χ1n) is 10.4. The summed E-state index contributed by atoms with van der Waals surface area (Å²) < 4.78 is 17.5. The Morgan fingerprint density at radius 1 is 1.16 bits per heavy atom. The molecule has 0 aliphatic carbocycles. The van der Waals surface area contributed by atoms with Gasteiger partial charge >= 0.3 is 0 Å². The van der Waals surface area contributed by atoms with E-state index in [2.05, 4.69) is 4.90 Å². The van der Waals surface area contributed by atoms with Gasteiger partial charge in [-0.25, -0.2) is 4.98 Å². The van der Waals surface area contributed by atoms with E-state index >= 15 is 0 Å². The van der Waals surface area contributed by atoms with E-state index in [1.165, 1.54) is 11.3 Å². The molecule has 0 saturated carbocycles. The lowest BCUT2D eigenvalue weighted by molar-refractivity contribution is -0.120. The smallest absolute Gasteiger partial charge is 0.266 e. The first-order valence-corrected chi connectivity index (χ1v) is 11.2. The average Bonchev–Trinajstić information content (AvgIpc) is 3.22. The molecular formula is C23H28ClN3O4S. The van der Waals surface area contributed by atoms with Crippen LogP contribution in [0.1, 0.15) is 5.56 Å². The predicted octanol–water partition coefficient (Wildman–Crippen LogP) is 3.78. The fourth-order valence-electron chi connectivity index (χ4n) is 3.39. The number of methoxy groups -OCH3 is 1. The van der Waals surface area contributed by atoms with Crippen molar-refractivity contribution in [2.24, 2.45) is 0 Å². The first kappa shape index (κ1) is 24.3. The van der Waals surface area contributed by atoms with Gasteiger partial charge in [-0.1, -0.05) is 29.0 Å². The number of rotatable bonds is 8. The Morgan fingerprint density at radius 3 is 2.59 bits per heavy atom. The van der Waals surface area contributed by atoms with Crippen LogP contribution in [0.3, 0.4) is 0 Å². The Hall–Kier alpha value is -2.39. The zero-order chi connectivity index (χ0) is 21.6. The van der Waals surface area contributed by atoms with Gasteiger partial charge in [0.2, 0.25) is 0 Å². The second kappa shape index (κ2) is 11.5. The normalized spacial score (nSPS) is 14.1. The second-order valence-corrected chi connectivity index (χ2v) is 8.44. The summed E-state index contributed by atoms with van der Waals surface area (Å²) in [7, 11) is 1.63. The number of aromatic nitrogens is 1. The minimum Gasteiger partial charge on any atom is -0.497 e. The molecule has 0 unspecified atom stereocenters. The maximum Gasteiger partial charge on any atom is 0.266 e. The molecule has 0 spiro atoms.